The minimum Gasteiger partial charge on any atom is -0.543 e. The lowest BCUT2D eigenvalue weighted by molar-refractivity contribution is -0.255. The van der Waals surface area contributed by atoms with Crippen LogP contribution in [0.15, 0.2) is 53.1 Å². The summed E-state index contributed by atoms with van der Waals surface area (Å²) in [7, 11) is 0. The van der Waals surface area contributed by atoms with Crippen molar-refractivity contribution in [3.05, 3.63) is 60.0 Å². The molecule has 0 fully saturated rings. The molecule has 1 aromatic carbocycles. The van der Waals surface area contributed by atoms with Crippen molar-refractivity contribution in [3.63, 3.8) is 0 Å². The summed E-state index contributed by atoms with van der Waals surface area (Å²) in [6, 6.07) is 12.9. The lowest BCUT2D eigenvalue weighted by Gasteiger charge is -2.09. The Labute approximate surface area is 103 Å². The van der Waals surface area contributed by atoms with Gasteiger partial charge in [0.15, 0.2) is 0 Å². The number of fused-ring (bicyclic) bond motifs is 1. The van der Waals surface area contributed by atoms with Crippen molar-refractivity contribution in [1.82, 2.24) is 4.57 Å². The van der Waals surface area contributed by atoms with E-state index in [4.69, 9.17) is 4.42 Å². The number of carboxylic acids is 1. The number of hydrogen-bond donors (Lipinski definition) is 0. The Hall–Kier alpha value is -2.49. The molecule has 0 N–H and O–H groups in total. The van der Waals surface area contributed by atoms with Crippen LogP contribution in [0.3, 0.4) is 0 Å². The lowest BCUT2D eigenvalue weighted by atomic mass is 10.2. The molecule has 0 aliphatic carbocycles. The highest BCUT2D eigenvalue weighted by atomic mass is 16.4. The molecular weight excluding hydrogens is 230 g/mol. The van der Waals surface area contributed by atoms with E-state index < -0.39 is 5.97 Å². The highest BCUT2D eigenvalue weighted by Crippen LogP contribution is 2.22. The fraction of sp³-hybridized carbons (Fsp3) is 0.0714. The minimum absolute atomic E-state index is 0.133. The highest BCUT2D eigenvalue weighted by molar-refractivity contribution is 5.91. The van der Waals surface area contributed by atoms with E-state index in [1.807, 2.05) is 30.3 Å². The monoisotopic (exact) mass is 240 g/mol. The van der Waals surface area contributed by atoms with Gasteiger partial charge in [-0.2, -0.15) is 0 Å². The topological polar surface area (TPSA) is 58.2 Å². The average molecular weight is 240 g/mol. The van der Waals surface area contributed by atoms with E-state index in [9.17, 15) is 9.90 Å². The van der Waals surface area contributed by atoms with Crippen LogP contribution in [0.2, 0.25) is 0 Å². The van der Waals surface area contributed by atoms with Crippen molar-refractivity contribution >= 4 is 17.1 Å². The number of aromatic carboxylic acids is 1. The molecule has 4 nitrogen and oxygen atoms in total. The predicted octanol–water partition coefficient (Wildman–Crippen LogP) is 1.65. The number of nitrogens with zero attached hydrogens (tertiary/aromatic N) is 1. The molecule has 3 rings (SSSR count). The van der Waals surface area contributed by atoms with Crippen molar-refractivity contribution in [2.45, 2.75) is 6.54 Å². The van der Waals surface area contributed by atoms with Gasteiger partial charge in [-0.05, 0) is 17.7 Å². The normalized spacial score (nSPS) is 10.9. The van der Waals surface area contributed by atoms with Gasteiger partial charge in [0.1, 0.15) is 0 Å². The van der Waals surface area contributed by atoms with Crippen LogP contribution in [0.1, 0.15) is 16.1 Å². The number of furan rings is 1. The molecule has 0 radical (unpaired) electrons. The minimum atomic E-state index is -1.20. The summed E-state index contributed by atoms with van der Waals surface area (Å²) in [6.45, 7) is 0.446. The molecule has 3 aromatic rings. The van der Waals surface area contributed by atoms with Gasteiger partial charge in [-0.25, -0.2) is 0 Å². The smallest absolute Gasteiger partial charge is 0.207 e. The zero-order valence-electron chi connectivity index (χ0n) is 9.50. The van der Waals surface area contributed by atoms with Gasteiger partial charge in [0.05, 0.1) is 24.5 Å². The Bertz CT molecular complexity index is 694. The number of carbonyl (C=O) groups is 1. The molecule has 18 heavy (non-hydrogen) atoms. The van der Waals surface area contributed by atoms with Gasteiger partial charge in [-0.3, -0.25) is 0 Å². The van der Waals surface area contributed by atoms with Crippen molar-refractivity contribution < 1.29 is 14.3 Å². The summed E-state index contributed by atoms with van der Waals surface area (Å²) in [6.07, 6.45) is 1.55. The van der Waals surface area contributed by atoms with E-state index in [0.717, 1.165) is 10.9 Å². The molecule has 0 saturated heterocycles. The second-order valence-corrected chi connectivity index (χ2v) is 4.07. The molecular formula is C14H10NO3-. The molecule has 0 aliphatic heterocycles. The van der Waals surface area contributed by atoms with E-state index in [1.165, 1.54) is 0 Å². The van der Waals surface area contributed by atoms with Gasteiger partial charge < -0.3 is 18.9 Å². The summed E-state index contributed by atoms with van der Waals surface area (Å²) >= 11 is 0. The third kappa shape index (κ3) is 1.68. The molecule has 0 saturated carbocycles. The number of aromatic nitrogens is 1. The first kappa shape index (κ1) is 10.7. The molecule has 0 aliphatic rings. The molecule has 0 bridgehead atoms. The fourth-order valence-electron chi connectivity index (χ4n) is 2.07. The standard InChI is InChI=1S/C14H11NO3/c16-14(17)12-8-11-6-7-18-13(11)15(12)9-10-4-2-1-3-5-10/h1-8H,9H2,(H,16,17)/p-1. The summed E-state index contributed by atoms with van der Waals surface area (Å²) in [5.41, 5.74) is 1.69. The average Bonchev–Trinajstić information content (AvgIpc) is 2.93. The summed E-state index contributed by atoms with van der Waals surface area (Å²) in [5.74, 6) is -1.20. The molecule has 2 heterocycles. The summed E-state index contributed by atoms with van der Waals surface area (Å²) in [4.78, 5) is 11.1. The van der Waals surface area contributed by atoms with Crippen molar-refractivity contribution in [2.75, 3.05) is 0 Å². The van der Waals surface area contributed by atoms with Crippen molar-refractivity contribution in [3.8, 4) is 0 Å². The third-order valence-electron chi connectivity index (χ3n) is 2.90. The van der Waals surface area contributed by atoms with Crippen molar-refractivity contribution in [2.24, 2.45) is 0 Å². The zero-order valence-corrected chi connectivity index (χ0v) is 9.50. The first-order valence-corrected chi connectivity index (χ1v) is 5.58. The van der Waals surface area contributed by atoms with E-state index in [1.54, 1.807) is 23.0 Å². The molecule has 0 atom stereocenters. The van der Waals surface area contributed by atoms with Crippen LogP contribution in [0.5, 0.6) is 0 Å². The van der Waals surface area contributed by atoms with Gasteiger partial charge in [-0.1, -0.05) is 30.3 Å². The number of benzene rings is 1. The molecule has 0 spiro atoms. The number of hydrogen-bond acceptors (Lipinski definition) is 3. The zero-order chi connectivity index (χ0) is 12.5. The molecule has 0 unspecified atom stereocenters. The third-order valence-corrected chi connectivity index (χ3v) is 2.90. The summed E-state index contributed by atoms with van der Waals surface area (Å²) in [5, 5.41) is 11.9. The maximum atomic E-state index is 11.1. The first-order chi connectivity index (χ1) is 8.75. The van der Waals surface area contributed by atoms with Gasteiger partial charge >= 0.3 is 0 Å². The second kappa shape index (κ2) is 4.07. The molecule has 4 heteroatoms. The first-order valence-electron chi connectivity index (χ1n) is 5.58. The van der Waals surface area contributed by atoms with Crippen LogP contribution >= 0.6 is 0 Å². The van der Waals surface area contributed by atoms with E-state index in [0.29, 0.717) is 12.3 Å². The molecule has 2 aromatic heterocycles. The summed E-state index contributed by atoms with van der Waals surface area (Å²) < 4.78 is 6.94. The maximum Gasteiger partial charge on any atom is 0.207 e. The van der Waals surface area contributed by atoms with Crippen LogP contribution in [-0.2, 0) is 6.54 Å². The molecule has 0 amide bonds. The van der Waals surface area contributed by atoms with E-state index in [2.05, 4.69) is 0 Å². The molecule has 90 valence electrons. The Morgan fingerprint density at radius 1 is 1.22 bits per heavy atom. The van der Waals surface area contributed by atoms with Crippen LogP contribution in [0, 0.1) is 0 Å². The van der Waals surface area contributed by atoms with E-state index in [-0.39, 0.29) is 5.69 Å². The maximum absolute atomic E-state index is 11.1. The second-order valence-electron chi connectivity index (χ2n) is 4.07. The van der Waals surface area contributed by atoms with E-state index >= 15 is 0 Å². The predicted molar refractivity (Wildman–Crippen MR) is 64.1 cm³/mol. The Morgan fingerprint density at radius 2 is 2.00 bits per heavy atom. The Kier molecular flexibility index (Phi) is 2.41. The highest BCUT2D eigenvalue weighted by Gasteiger charge is 2.12. The van der Waals surface area contributed by atoms with Gasteiger partial charge in [-0.15, -0.1) is 0 Å². The van der Waals surface area contributed by atoms with Crippen LogP contribution in [-0.4, -0.2) is 10.5 Å². The fourth-order valence-corrected chi connectivity index (χ4v) is 2.07. The van der Waals surface area contributed by atoms with Crippen molar-refractivity contribution in [1.29, 1.82) is 0 Å². The van der Waals surface area contributed by atoms with Crippen LogP contribution < -0.4 is 5.11 Å². The van der Waals surface area contributed by atoms with Gasteiger partial charge in [0.2, 0.25) is 5.71 Å². The Balaban J connectivity index is 2.11. The van der Waals surface area contributed by atoms with Crippen LogP contribution in [0.25, 0.3) is 11.1 Å². The number of carbonyl (C=O) groups excluding carboxylic acids is 1. The quantitative estimate of drug-likeness (QED) is 0.699. The SMILES string of the molecule is O=C([O-])c1cc2ccoc2n1Cc1ccccc1. The number of rotatable bonds is 3. The lowest BCUT2D eigenvalue weighted by Crippen LogP contribution is -2.25. The Morgan fingerprint density at radius 3 is 2.72 bits per heavy atom. The number of carboxylic acid groups (broad SMARTS) is 1. The van der Waals surface area contributed by atoms with Crippen LogP contribution in [0.4, 0.5) is 0 Å². The van der Waals surface area contributed by atoms with Gasteiger partial charge in [0.25, 0.3) is 0 Å². The largest absolute Gasteiger partial charge is 0.543 e. The van der Waals surface area contributed by atoms with Gasteiger partial charge in [0, 0.05) is 5.39 Å².